The molecule has 184 valence electrons. The Morgan fingerprint density at radius 2 is 1.63 bits per heavy atom. The number of anilines is 1. The van der Waals surface area contributed by atoms with E-state index in [1.54, 1.807) is 43.3 Å². The molecule has 0 spiro atoms. The SMILES string of the molecule is Cc1cc(Cl)ccc1N(CC(=O)NCc1ccc(CN2CCCC2)cc1)S(=O)(=O)c1ccccc1. The van der Waals surface area contributed by atoms with Crippen molar-refractivity contribution in [2.45, 2.75) is 37.8 Å². The molecule has 0 bridgehead atoms. The van der Waals surface area contributed by atoms with Crippen molar-refractivity contribution in [2.24, 2.45) is 0 Å². The lowest BCUT2D eigenvalue weighted by atomic mass is 10.1. The Hall–Kier alpha value is -2.87. The number of halogens is 1. The van der Waals surface area contributed by atoms with Crippen LogP contribution in [-0.2, 0) is 27.9 Å². The lowest BCUT2D eigenvalue weighted by molar-refractivity contribution is -0.119. The van der Waals surface area contributed by atoms with Crippen LogP contribution in [0.3, 0.4) is 0 Å². The summed E-state index contributed by atoms with van der Waals surface area (Å²) in [6.45, 7) is 4.99. The number of nitrogens with zero attached hydrogens (tertiary/aromatic N) is 2. The molecule has 1 saturated heterocycles. The zero-order valence-electron chi connectivity index (χ0n) is 19.8. The zero-order chi connectivity index (χ0) is 24.8. The molecule has 1 fully saturated rings. The van der Waals surface area contributed by atoms with Crippen molar-refractivity contribution in [2.75, 3.05) is 23.9 Å². The first-order valence-electron chi connectivity index (χ1n) is 11.7. The molecule has 0 saturated carbocycles. The highest BCUT2D eigenvalue weighted by atomic mass is 35.5. The van der Waals surface area contributed by atoms with E-state index in [9.17, 15) is 13.2 Å². The molecule has 0 atom stereocenters. The summed E-state index contributed by atoms with van der Waals surface area (Å²) >= 11 is 6.08. The van der Waals surface area contributed by atoms with Gasteiger partial charge in [-0.25, -0.2) is 8.42 Å². The Morgan fingerprint density at radius 1 is 0.971 bits per heavy atom. The van der Waals surface area contributed by atoms with Crippen LogP contribution in [0.2, 0.25) is 5.02 Å². The number of hydrogen-bond acceptors (Lipinski definition) is 4. The molecule has 4 rings (SSSR count). The largest absolute Gasteiger partial charge is 0.350 e. The number of carbonyl (C=O) groups is 1. The van der Waals surface area contributed by atoms with E-state index in [0.717, 1.165) is 29.5 Å². The van der Waals surface area contributed by atoms with E-state index >= 15 is 0 Å². The van der Waals surface area contributed by atoms with Crippen molar-refractivity contribution in [3.8, 4) is 0 Å². The Labute approximate surface area is 212 Å². The molecule has 0 aromatic heterocycles. The predicted octanol–water partition coefficient (Wildman–Crippen LogP) is 4.76. The molecule has 3 aromatic carbocycles. The van der Waals surface area contributed by atoms with Gasteiger partial charge >= 0.3 is 0 Å². The minimum atomic E-state index is -3.96. The standard InChI is InChI=1S/C27H30ClN3O3S/c1-21-17-24(28)13-14-26(21)31(35(33,34)25-7-3-2-4-8-25)20-27(32)29-18-22-9-11-23(12-10-22)19-30-15-5-6-16-30/h2-4,7-14,17H,5-6,15-16,18-20H2,1H3,(H,29,32). The number of carbonyl (C=O) groups excluding carboxylic acids is 1. The smallest absolute Gasteiger partial charge is 0.264 e. The van der Waals surface area contributed by atoms with Gasteiger partial charge in [0, 0.05) is 18.1 Å². The summed E-state index contributed by atoms with van der Waals surface area (Å²) in [7, 11) is -3.96. The maximum absolute atomic E-state index is 13.5. The van der Waals surface area contributed by atoms with Crippen LogP contribution in [0.1, 0.15) is 29.5 Å². The van der Waals surface area contributed by atoms with Gasteiger partial charge in [-0.15, -0.1) is 0 Å². The van der Waals surface area contributed by atoms with Crippen LogP contribution in [0.15, 0.2) is 77.7 Å². The molecule has 0 radical (unpaired) electrons. The number of sulfonamides is 1. The Kier molecular flexibility index (Phi) is 8.11. The lowest BCUT2D eigenvalue weighted by Crippen LogP contribution is -2.41. The predicted molar refractivity (Wildman–Crippen MR) is 140 cm³/mol. The van der Waals surface area contributed by atoms with Gasteiger partial charge in [-0.1, -0.05) is 54.1 Å². The van der Waals surface area contributed by atoms with Gasteiger partial charge in [0.1, 0.15) is 6.54 Å². The van der Waals surface area contributed by atoms with Crippen LogP contribution in [-0.4, -0.2) is 38.9 Å². The van der Waals surface area contributed by atoms with E-state index in [2.05, 4.69) is 22.3 Å². The summed E-state index contributed by atoms with van der Waals surface area (Å²) in [6.07, 6.45) is 2.52. The van der Waals surface area contributed by atoms with Crippen molar-refractivity contribution in [3.05, 3.63) is 94.5 Å². The van der Waals surface area contributed by atoms with E-state index in [-0.39, 0.29) is 17.3 Å². The van der Waals surface area contributed by atoms with Gasteiger partial charge in [-0.3, -0.25) is 14.0 Å². The highest BCUT2D eigenvalue weighted by Gasteiger charge is 2.28. The maximum Gasteiger partial charge on any atom is 0.264 e. The summed E-state index contributed by atoms with van der Waals surface area (Å²) in [6, 6.07) is 21.2. The monoisotopic (exact) mass is 511 g/mol. The second-order valence-corrected chi connectivity index (χ2v) is 11.1. The lowest BCUT2D eigenvalue weighted by Gasteiger charge is -2.25. The van der Waals surface area contributed by atoms with Crippen LogP contribution in [0, 0.1) is 6.92 Å². The van der Waals surface area contributed by atoms with Crippen LogP contribution >= 0.6 is 11.6 Å². The molecule has 0 unspecified atom stereocenters. The number of nitrogens with one attached hydrogen (secondary N) is 1. The highest BCUT2D eigenvalue weighted by Crippen LogP contribution is 2.28. The second kappa shape index (κ2) is 11.2. The molecule has 6 nitrogen and oxygen atoms in total. The molecule has 1 amide bonds. The molecular formula is C27H30ClN3O3S. The molecule has 1 aliphatic heterocycles. The minimum Gasteiger partial charge on any atom is -0.350 e. The van der Waals surface area contributed by atoms with Crippen molar-refractivity contribution in [3.63, 3.8) is 0 Å². The number of hydrogen-bond donors (Lipinski definition) is 1. The molecule has 1 aliphatic rings. The van der Waals surface area contributed by atoms with Gasteiger partial charge in [0.25, 0.3) is 10.0 Å². The van der Waals surface area contributed by atoms with Crippen molar-refractivity contribution in [1.82, 2.24) is 10.2 Å². The minimum absolute atomic E-state index is 0.121. The molecule has 1 N–H and O–H groups in total. The number of benzene rings is 3. The van der Waals surface area contributed by atoms with Gasteiger partial charge < -0.3 is 5.32 Å². The number of likely N-dealkylation sites (tertiary alicyclic amines) is 1. The molecule has 0 aliphatic carbocycles. The summed E-state index contributed by atoms with van der Waals surface area (Å²) in [5.41, 5.74) is 3.29. The van der Waals surface area contributed by atoms with E-state index in [4.69, 9.17) is 11.6 Å². The number of aryl methyl sites for hydroxylation is 1. The maximum atomic E-state index is 13.5. The molecule has 3 aromatic rings. The summed E-state index contributed by atoms with van der Waals surface area (Å²) in [4.78, 5) is 15.5. The highest BCUT2D eigenvalue weighted by molar-refractivity contribution is 7.92. The first-order chi connectivity index (χ1) is 16.8. The van der Waals surface area contributed by atoms with Crippen molar-refractivity contribution < 1.29 is 13.2 Å². The van der Waals surface area contributed by atoms with Gasteiger partial charge in [0.2, 0.25) is 5.91 Å². The van der Waals surface area contributed by atoms with Gasteiger partial charge in [0.15, 0.2) is 0 Å². The van der Waals surface area contributed by atoms with Crippen molar-refractivity contribution in [1.29, 1.82) is 0 Å². The van der Waals surface area contributed by atoms with E-state index < -0.39 is 10.0 Å². The summed E-state index contributed by atoms with van der Waals surface area (Å²) < 4.78 is 28.1. The zero-order valence-corrected chi connectivity index (χ0v) is 21.4. The first-order valence-corrected chi connectivity index (χ1v) is 13.6. The fraction of sp³-hybridized carbons (Fsp3) is 0.296. The third-order valence-corrected chi connectivity index (χ3v) is 8.17. The summed E-state index contributed by atoms with van der Waals surface area (Å²) in [5.74, 6) is -0.389. The normalized spacial score (nSPS) is 14.1. The molecule has 1 heterocycles. The molecular weight excluding hydrogens is 482 g/mol. The van der Waals surface area contributed by atoms with Gasteiger partial charge in [-0.05, 0) is 79.9 Å². The Bertz CT molecular complexity index is 1260. The third-order valence-electron chi connectivity index (χ3n) is 6.16. The van der Waals surface area contributed by atoms with Gasteiger partial charge in [-0.2, -0.15) is 0 Å². The topological polar surface area (TPSA) is 69.7 Å². The third kappa shape index (κ3) is 6.42. The van der Waals surface area contributed by atoms with E-state index in [0.29, 0.717) is 22.8 Å². The van der Waals surface area contributed by atoms with Crippen LogP contribution in [0.4, 0.5) is 5.69 Å². The first kappa shape index (κ1) is 25.2. The van der Waals surface area contributed by atoms with Crippen LogP contribution < -0.4 is 9.62 Å². The Balaban J connectivity index is 1.46. The number of rotatable bonds is 9. The average Bonchev–Trinajstić information content (AvgIpc) is 3.36. The summed E-state index contributed by atoms with van der Waals surface area (Å²) in [5, 5.41) is 3.37. The van der Waals surface area contributed by atoms with Crippen LogP contribution in [0.5, 0.6) is 0 Å². The van der Waals surface area contributed by atoms with Gasteiger partial charge in [0.05, 0.1) is 10.6 Å². The fourth-order valence-corrected chi connectivity index (χ4v) is 6.00. The van der Waals surface area contributed by atoms with Crippen LogP contribution in [0.25, 0.3) is 0 Å². The molecule has 35 heavy (non-hydrogen) atoms. The fourth-order valence-electron chi connectivity index (χ4n) is 4.27. The quantitative estimate of drug-likeness (QED) is 0.450. The Morgan fingerprint density at radius 3 is 2.29 bits per heavy atom. The average molecular weight is 512 g/mol. The second-order valence-electron chi connectivity index (χ2n) is 8.83. The van der Waals surface area contributed by atoms with E-state index in [1.165, 1.54) is 30.5 Å². The molecule has 8 heteroatoms. The van der Waals surface area contributed by atoms with E-state index in [1.807, 2.05) is 12.1 Å². The number of amides is 1. The van der Waals surface area contributed by atoms with Crippen molar-refractivity contribution >= 4 is 33.2 Å².